The quantitative estimate of drug-likeness (QED) is 0.624. The van der Waals surface area contributed by atoms with Crippen molar-refractivity contribution < 1.29 is 18.1 Å². The molecule has 1 atom stereocenters. The number of anilines is 1. The predicted molar refractivity (Wildman–Crippen MR) is 79.8 cm³/mol. The molecule has 1 aromatic rings. The molecule has 1 heterocycles. The van der Waals surface area contributed by atoms with Gasteiger partial charge >= 0.3 is 6.03 Å². The van der Waals surface area contributed by atoms with Crippen molar-refractivity contribution in [2.75, 3.05) is 17.6 Å². The maximum absolute atomic E-state index is 12.2. The number of nitrogens with one attached hydrogen (secondary N) is 1. The number of nitrogens with zero attached hydrogens (tertiary/aromatic N) is 2. The van der Waals surface area contributed by atoms with Crippen LogP contribution in [-0.2, 0) is 10.0 Å². The number of hydrogen-bond acceptors (Lipinski definition) is 5. The van der Waals surface area contributed by atoms with E-state index >= 15 is 0 Å². The van der Waals surface area contributed by atoms with Gasteiger partial charge in [-0.05, 0) is 18.9 Å². The van der Waals surface area contributed by atoms with Gasteiger partial charge in [-0.1, -0.05) is 6.07 Å². The standard InChI is InChI=1S/C12H16N4O5S/c13-22(20,21)8-11-5-2-6-15(11)12(17)14-9-3-1-4-10(7-9)16(18)19/h1,3-4,7,11H,2,5-6,8H2,(H,14,17)(H2,13,20,21). The summed E-state index contributed by atoms with van der Waals surface area (Å²) in [6.07, 6.45) is 1.24. The summed E-state index contributed by atoms with van der Waals surface area (Å²) < 4.78 is 22.4. The highest BCUT2D eigenvalue weighted by molar-refractivity contribution is 7.89. The molecule has 0 aliphatic carbocycles. The number of rotatable bonds is 4. The van der Waals surface area contributed by atoms with Crippen LogP contribution in [0.5, 0.6) is 0 Å². The Morgan fingerprint density at radius 1 is 1.50 bits per heavy atom. The molecule has 3 N–H and O–H groups in total. The topological polar surface area (TPSA) is 136 Å². The van der Waals surface area contributed by atoms with E-state index in [1.54, 1.807) is 0 Å². The fraction of sp³-hybridized carbons (Fsp3) is 0.417. The Bertz CT molecular complexity index is 691. The number of carbonyl (C=O) groups excluding carboxylic acids is 1. The zero-order valence-electron chi connectivity index (χ0n) is 11.6. The Hall–Kier alpha value is -2.20. The van der Waals surface area contributed by atoms with Gasteiger partial charge in [-0.25, -0.2) is 18.4 Å². The second-order valence-electron chi connectivity index (χ2n) is 5.06. The average molecular weight is 328 g/mol. The van der Waals surface area contributed by atoms with Crippen LogP contribution >= 0.6 is 0 Å². The van der Waals surface area contributed by atoms with E-state index in [4.69, 9.17) is 5.14 Å². The predicted octanol–water partition coefficient (Wildman–Crippen LogP) is 0.880. The molecule has 1 aliphatic heterocycles. The number of likely N-dealkylation sites (tertiary alicyclic amines) is 1. The van der Waals surface area contributed by atoms with Gasteiger partial charge in [0.2, 0.25) is 10.0 Å². The summed E-state index contributed by atoms with van der Waals surface area (Å²) in [7, 11) is -3.68. The Kier molecular flexibility index (Phi) is 4.62. The van der Waals surface area contributed by atoms with E-state index in [-0.39, 0.29) is 17.1 Å². The molecule has 0 bridgehead atoms. The molecule has 1 fully saturated rings. The van der Waals surface area contributed by atoms with Crippen molar-refractivity contribution in [3.63, 3.8) is 0 Å². The number of benzene rings is 1. The first kappa shape index (κ1) is 16.2. The van der Waals surface area contributed by atoms with Crippen LogP contribution in [0.25, 0.3) is 0 Å². The van der Waals surface area contributed by atoms with Crippen LogP contribution in [0.2, 0.25) is 0 Å². The highest BCUT2D eigenvalue weighted by Gasteiger charge is 2.31. The first-order valence-electron chi connectivity index (χ1n) is 6.59. The lowest BCUT2D eigenvalue weighted by Crippen LogP contribution is -2.43. The van der Waals surface area contributed by atoms with Crippen molar-refractivity contribution in [1.29, 1.82) is 0 Å². The maximum Gasteiger partial charge on any atom is 0.322 e. The lowest BCUT2D eigenvalue weighted by atomic mass is 10.2. The number of carbonyl (C=O) groups is 1. The van der Waals surface area contributed by atoms with Gasteiger partial charge in [-0.3, -0.25) is 10.1 Å². The van der Waals surface area contributed by atoms with E-state index in [1.807, 2.05) is 0 Å². The third kappa shape index (κ3) is 4.15. The lowest BCUT2D eigenvalue weighted by Gasteiger charge is -2.24. The number of nitro benzene ring substituents is 1. The number of urea groups is 1. The van der Waals surface area contributed by atoms with E-state index < -0.39 is 27.0 Å². The molecule has 0 spiro atoms. The second-order valence-corrected chi connectivity index (χ2v) is 6.72. The van der Waals surface area contributed by atoms with Crippen molar-refractivity contribution in [2.24, 2.45) is 5.14 Å². The summed E-state index contributed by atoms with van der Waals surface area (Å²) >= 11 is 0. The summed E-state index contributed by atoms with van der Waals surface area (Å²) in [5.74, 6) is -0.296. The maximum atomic E-state index is 12.2. The number of sulfonamides is 1. The van der Waals surface area contributed by atoms with Crippen LogP contribution in [0.15, 0.2) is 24.3 Å². The van der Waals surface area contributed by atoms with Gasteiger partial charge in [0.15, 0.2) is 0 Å². The molecule has 10 heteroatoms. The van der Waals surface area contributed by atoms with Gasteiger partial charge < -0.3 is 10.2 Å². The van der Waals surface area contributed by atoms with E-state index in [0.717, 1.165) is 0 Å². The highest BCUT2D eigenvalue weighted by Crippen LogP contribution is 2.21. The molecule has 0 aromatic heterocycles. The van der Waals surface area contributed by atoms with E-state index in [0.29, 0.717) is 19.4 Å². The first-order valence-corrected chi connectivity index (χ1v) is 8.30. The Balaban J connectivity index is 2.08. The summed E-state index contributed by atoms with van der Waals surface area (Å²) in [6, 6.07) is 4.56. The molecule has 120 valence electrons. The van der Waals surface area contributed by atoms with Gasteiger partial charge in [-0.15, -0.1) is 0 Å². The molecule has 2 amide bonds. The van der Waals surface area contributed by atoms with Crippen LogP contribution in [0.3, 0.4) is 0 Å². The largest absolute Gasteiger partial charge is 0.322 e. The number of non-ortho nitro benzene ring substituents is 1. The fourth-order valence-electron chi connectivity index (χ4n) is 2.44. The fourth-order valence-corrected chi connectivity index (χ4v) is 3.32. The van der Waals surface area contributed by atoms with Gasteiger partial charge in [0.05, 0.1) is 10.7 Å². The van der Waals surface area contributed by atoms with E-state index in [1.165, 1.54) is 29.2 Å². The normalized spacial score (nSPS) is 18.2. The SMILES string of the molecule is NS(=O)(=O)CC1CCCN1C(=O)Nc1cccc([N+](=O)[O-])c1. The molecule has 1 unspecified atom stereocenters. The van der Waals surface area contributed by atoms with Gasteiger partial charge in [0.1, 0.15) is 0 Å². The molecule has 1 aliphatic rings. The molecule has 1 saturated heterocycles. The third-order valence-electron chi connectivity index (χ3n) is 3.37. The molecular formula is C12H16N4O5S. The lowest BCUT2D eigenvalue weighted by molar-refractivity contribution is -0.384. The second kappa shape index (κ2) is 6.28. The molecule has 22 heavy (non-hydrogen) atoms. The van der Waals surface area contributed by atoms with E-state index in [2.05, 4.69) is 5.32 Å². The minimum atomic E-state index is -3.68. The van der Waals surface area contributed by atoms with E-state index in [9.17, 15) is 23.3 Å². The molecule has 9 nitrogen and oxygen atoms in total. The summed E-state index contributed by atoms with van der Waals surface area (Å²) in [4.78, 5) is 23.7. The minimum absolute atomic E-state index is 0.139. The molecular weight excluding hydrogens is 312 g/mol. The number of nitrogens with two attached hydrogens (primary N) is 1. The van der Waals surface area contributed by atoms with Crippen LogP contribution in [0.4, 0.5) is 16.2 Å². The number of amides is 2. The van der Waals surface area contributed by atoms with Gasteiger partial charge in [0, 0.05) is 30.4 Å². The van der Waals surface area contributed by atoms with Gasteiger partial charge in [-0.2, -0.15) is 0 Å². The number of primary sulfonamides is 1. The zero-order chi connectivity index (χ0) is 16.3. The van der Waals surface area contributed by atoms with Crippen molar-refractivity contribution in [1.82, 2.24) is 4.90 Å². The zero-order valence-corrected chi connectivity index (χ0v) is 12.5. The van der Waals surface area contributed by atoms with Gasteiger partial charge in [0.25, 0.3) is 5.69 Å². The summed E-state index contributed by atoms with van der Waals surface area (Å²) in [5, 5.41) is 18.3. The summed E-state index contributed by atoms with van der Waals surface area (Å²) in [5.41, 5.74) is 0.140. The number of nitro groups is 1. The minimum Gasteiger partial charge on any atom is -0.320 e. The number of hydrogen-bond donors (Lipinski definition) is 2. The smallest absolute Gasteiger partial charge is 0.320 e. The van der Waals surface area contributed by atoms with Crippen LogP contribution in [0, 0.1) is 10.1 Å². The summed E-state index contributed by atoms with van der Waals surface area (Å²) in [6.45, 7) is 0.418. The van der Waals surface area contributed by atoms with Crippen LogP contribution in [-0.4, -0.2) is 42.6 Å². The molecule has 1 aromatic carbocycles. The van der Waals surface area contributed by atoms with Crippen LogP contribution < -0.4 is 10.5 Å². The molecule has 0 saturated carbocycles. The van der Waals surface area contributed by atoms with Crippen molar-refractivity contribution in [2.45, 2.75) is 18.9 Å². The van der Waals surface area contributed by atoms with Crippen LogP contribution in [0.1, 0.15) is 12.8 Å². The van der Waals surface area contributed by atoms with Crippen molar-refractivity contribution in [3.8, 4) is 0 Å². The Morgan fingerprint density at radius 2 is 2.23 bits per heavy atom. The Morgan fingerprint density at radius 3 is 2.86 bits per heavy atom. The third-order valence-corrected chi connectivity index (χ3v) is 4.22. The Labute approximate surface area is 127 Å². The molecule has 2 rings (SSSR count). The first-order chi connectivity index (χ1) is 10.3. The highest BCUT2D eigenvalue weighted by atomic mass is 32.2. The monoisotopic (exact) mass is 328 g/mol. The van der Waals surface area contributed by atoms with Crippen molar-refractivity contribution >= 4 is 27.4 Å². The molecule has 0 radical (unpaired) electrons. The van der Waals surface area contributed by atoms with Crippen molar-refractivity contribution in [3.05, 3.63) is 34.4 Å². The average Bonchev–Trinajstić information content (AvgIpc) is 2.84.